The van der Waals surface area contributed by atoms with Gasteiger partial charge in [0.1, 0.15) is 6.04 Å². The summed E-state index contributed by atoms with van der Waals surface area (Å²) in [7, 11) is 0. The first-order valence-corrected chi connectivity index (χ1v) is 7.66. The number of carbonyl (C=O) groups excluding carboxylic acids is 1. The first-order valence-electron chi connectivity index (χ1n) is 7.66. The fraction of sp³-hybridized carbons (Fsp3) is 0.667. The highest BCUT2D eigenvalue weighted by Crippen LogP contribution is 2.18. The molecule has 0 aromatic carbocycles. The normalized spacial score (nSPS) is 22.0. The van der Waals surface area contributed by atoms with Gasteiger partial charge in [-0.05, 0) is 44.6 Å². The monoisotopic (exact) mass is 291 g/mol. The van der Waals surface area contributed by atoms with Crippen molar-refractivity contribution >= 4 is 5.91 Å². The first-order chi connectivity index (χ1) is 10.1. The molecule has 1 N–H and O–H groups in total. The molecule has 114 valence electrons. The van der Waals surface area contributed by atoms with Gasteiger partial charge in [-0.15, -0.1) is 0 Å². The lowest BCUT2D eigenvalue weighted by Crippen LogP contribution is -2.40. The van der Waals surface area contributed by atoms with E-state index < -0.39 is 6.04 Å². The maximum Gasteiger partial charge on any atom is 0.267 e. The molecule has 6 heteroatoms. The molecular formula is C15H21N3O3. The third-order valence-electron chi connectivity index (χ3n) is 4.26. The first kappa shape index (κ1) is 14.3. The number of aryl methyl sites for hydroxylation is 2. The molecule has 2 atom stereocenters. The molecule has 2 aliphatic rings. The molecular weight excluding hydrogens is 270 g/mol. The zero-order valence-electron chi connectivity index (χ0n) is 12.3. The molecule has 1 saturated heterocycles. The van der Waals surface area contributed by atoms with E-state index in [1.807, 2.05) is 0 Å². The number of ether oxygens (including phenoxy) is 1. The minimum absolute atomic E-state index is 0.103. The molecule has 0 bridgehead atoms. The Kier molecular flexibility index (Phi) is 4.05. The standard InChI is InChI=1S/C15H21N3O3/c1-10(15(20)16-9-12-5-3-7-21-12)18-14(19)8-11-4-2-6-13(11)17-18/h8,10,12H,2-7,9H2,1H3,(H,16,20)/t10-,12+/m0/s1. The van der Waals surface area contributed by atoms with Crippen LogP contribution in [0.25, 0.3) is 0 Å². The van der Waals surface area contributed by atoms with Crippen molar-refractivity contribution in [3.63, 3.8) is 0 Å². The molecule has 0 saturated carbocycles. The van der Waals surface area contributed by atoms with Crippen LogP contribution in [0.15, 0.2) is 10.9 Å². The van der Waals surface area contributed by atoms with Crippen LogP contribution in [0, 0.1) is 0 Å². The summed E-state index contributed by atoms with van der Waals surface area (Å²) in [6.07, 6.45) is 4.96. The van der Waals surface area contributed by atoms with Crippen LogP contribution >= 0.6 is 0 Å². The topological polar surface area (TPSA) is 73.2 Å². The maximum absolute atomic E-state index is 12.2. The average Bonchev–Trinajstić information content (AvgIpc) is 3.13. The average molecular weight is 291 g/mol. The van der Waals surface area contributed by atoms with Gasteiger partial charge in [0.05, 0.1) is 11.8 Å². The van der Waals surface area contributed by atoms with Crippen LogP contribution in [0.3, 0.4) is 0 Å². The summed E-state index contributed by atoms with van der Waals surface area (Å²) in [5.74, 6) is -0.182. The molecule has 21 heavy (non-hydrogen) atoms. The van der Waals surface area contributed by atoms with Crippen molar-refractivity contribution in [2.45, 2.75) is 51.2 Å². The minimum atomic E-state index is -0.593. The van der Waals surface area contributed by atoms with Gasteiger partial charge in [0, 0.05) is 19.2 Å². The van der Waals surface area contributed by atoms with Gasteiger partial charge in [-0.25, -0.2) is 4.68 Å². The van der Waals surface area contributed by atoms with E-state index in [2.05, 4.69) is 10.4 Å². The summed E-state index contributed by atoms with van der Waals surface area (Å²) >= 11 is 0. The van der Waals surface area contributed by atoms with Gasteiger partial charge in [0.2, 0.25) is 5.91 Å². The largest absolute Gasteiger partial charge is 0.376 e. The highest BCUT2D eigenvalue weighted by Gasteiger charge is 2.23. The van der Waals surface area contributed by atoms with E-state index in [1.54, 1.807) is 13.0 Å². The molecule has 0 radical (unpaired) electrons. The molecule has 1 aliphatic carbocycles. The van der Waals surface area contributed by atoms with Crippen molar-refractivity contribution in [2.24, 2.45) is 0 Å². The molecule has 2 heterocycles. The van der Waals surface area contributed by atoms with Crippen LogP contribution in [0.4, 0.5) is 0 Å². The van der Waals surface area contributed by atoms with Crippen LogP contribution in [-0.4, -0.2) is 34.9 Å². The number of rotatable bonds is 4. The van der Waals surface area contributed by atoms with Crippen molar-refractivity contribution in [2.75, 3.05) is 13.2 Å². The van der Waals surface area contributed by atoms with E-state index in [9.17, 15) is 9.59 Å². The molecule has 1 amide bonds. The lowest BCUT2D eigenvalue weighted by Gasteiger charge is -2.16. The number of nitrogens with zero attached hydrogens (tertiary/aromatic N) is 2. The lowest BCUT2D eigenvalue weighted by molar-refractivity contribution is -0.124. The van der Waals surface area contributed by atoms with Crippen LogP contribution in [-0.2, 0) is 22.4 Å². The summed E-state index contributed by atoms with van der Waals surface area (Å²) < 4.78 is 6.77. The summed E-state index contributed by atoms with van der Waals surface area (Å²) in [4.78, 5) is 24.3. The number of nitrogens with one attached hydrogen (secondary N) is 1. The molecule has 0 spiro atoms. The second-order valence-electron chi connectivity index (χ2n) is 5.81. The summed E-state index contributed by atoms with van der Waals surface area (Å²) in [6, 6.07) is 1.03. The zero-order chi connectivity index (χ0) is 14.8. The minimum Gasteiger partial charge on any atom is -0.376 e. The van der Waals surface area contributed by atoms with Crippen LogP contribution in [0.2, 0.25) is 0 Å². The van der Waals surface area contributed by atoms with E-state index >= 15 is 0 Å². The van der Waals surface area contributed by atoms with E-state index in [0.717, 1.165) is 50.0 Å². The molecule has 1 aliphatic heterocycles. The summed E-state index contributed by atoms with van der Waals surface area (Å²) in [5, 5.41) is 7.22. The predicted octanol–water partition coefficient (Wildman–Crippen LogP) is 0.588. The van der Waals surface area contributed by atoms with Gasteiger partial charge in [-0.2, -0.15) is 5.10 Å². The Morgan fingerprint density at radius 2 is 2.38 bits per heavy atom. The van der Waals surface area contributed by atoms with E-state index in [-0.39, 0.29) is 17.6 Å². The maximum atomic E-state index is 12.2. The number of amides is 1. The van der Waals surface area contributed by atoms with Gasteiger partial charge in [0.15, 0.2) is 0 Å². The van der Waals surface area contributed by atoms with Gasteiger partial charge in [-0.1, -0.05) is 0 Å². The fourth-order valence-corrected chi connectivity index (χ4v) is 2.97. The Bertz CT molecular complexity index is 590. The van der Waals surface area contributed by atoms with Crippen molar-refractivity contribution in [1.82, 2.24) is 15.1 Å². The van der Waals surface area contributed by atoms with Crippen molar-refractivity contribution in [3.05, 3.63) is 27.7 Å². The van der Waals surface area contributed by atoms with Gasteiger partial charge in [-0.3, -0.25) is 9.59 Å². The summed E-state index contributed by atoms with van der Waals surface area (Å²) in [5.41, 5.74) is 1.78. The highest BCUT2D eigenvalue weighted by atomic mass is 16.5. The van der Waals surface area contributed by atoms with Crippen LogP contribution < -0.4 is 10.9 Å². The molecule has 3 rings (SSSR count). The number of hydrogen-bond donors (Lipinski definition) is 1. The lowest BCUT2D eigenvalue weighted by atomic mass is 10.2. The summed E-state index contributed by atoms with van der Waals surface area (Å²) in [6.45, 7) is 2.98. The Hall–Kier alpha value is -1.69. The third kappa shape index (κ3) is 3.00. The number of aromatic nitrogens is 2. The molecule has 6 nitrogen and oxygen atoms in total. The third-order valence-corrected chi connectivity index (χ3v) is 4.26. The van der Waals surface area contributed by atoms with E-state index in [1.165, 1.54) is 4.68 Å². The van der Waals surface area contributed by atoms with Crippen LogP contribution in [0.5, 0.6) is 0 Å². The van der Waals surface area contributed by atoms with Crippen molar-refractivity contribution < 1.29 is 9.53 Å². The smallest absolute Gasteiger partial charge is 0.267 e. The van der Waals surface area contributed by atoms with Crippen molar-refractivity contribution in [3.8, 4) is 0 Å². The Morgan fingerprint density at radius 1 is 1.52 bits per heavy atom. The Labute approximate surface area is 123 Å². The second-order valence-corrected chi connectivity index (χ2v) is 5.81. The number of hydrogen-bond acceptors (Lipinski definition) is 4. The van der Waals surface area contributed by atoms with Gasteiger partial charge >= 0.3 is 0 Å². The van der Waals surface area contributed by atoms with Gasteiger partial charge < -0.3 is 10.1 Å². The van der Waals surface area contributed by atoms with E-state index in [0.29, 0.717) is 6.54 Å². The molecule has 1 aromatic rings. The Balaban J connectivity index is 1.68. The zero-order valence-corrected chi connectivity index (χ0v) is 12.3. The fourth-order valence-electron chi connectivity index (χ4n) is 2.97. The predicted molar refractivity (Wildman–Crippen MR) is 77.2 cm³/mol. The van der Waals surface area contributed by atoms with Crippen LogP contribution in [0.1, 0.15) is 43.5 Å². The molecule has 0 unspecified atom stereocenters. The molecule has 1 aromatic heterocycles. The quantitative estimate of drug-likeness (QED) is 0.881. The molecule has 1 fully saturated rings. The van der Waals surface area contributed by atoms with Gasteiger partial charge in [0.25, 0.3) is 5.56 Å². The van der Waals surface area contributed by atoms with E-state index in [4.69, 9.17) is 4.74 Å². The Morgan fingerprint density at radius 3 is 3.14 bits per heavy atom. The SMILES string of the molecule is C[C@@H](C(=O)NC[C@H]1CCCO1)n1nc2c(cc1=O)CCC2. The number of fused-ring (bicyclic) bond motifs is 1. The highest BCUT2D eigenvalue weighted by molar-refractivity contribution is 5.79. The number of carbonyl (C=O) groups is 1. The van der Waals surface area contributed by atoms with Crippen molar-refractivity contribution in [1.29, 1.82) is 0 Å². The second kappa shape index (κ2) is 5.97.